The first-order chi connectivity index (χ1) is 11.7. The van der Waals surface area contributed by atoms with Crippen LogP contribution in [0.1, 0.15) is 23.8 Å². The maximum absolute atomic E-state index is 12.7. The van der Waals surface area contributed by atoms with E-state index >= 15 is 0 Å². The van der Waals surface area contributed by atoms with Gasteiger partial charge in [0, 0.05) is 30.4 Å². The summed E-state index contributed by atoms with van der Waals surface area (Å²) in [6.45, 7) is 1.43. The van der Waals surface area contributed by atoms with Crippen LogP contribution >= 0.6 is 11.3 Å². The molecule has 0 spiro atoms. The van der Waals surface area contributed by atoms with Crippen LogP contribution in [0.3, 0.4) is 0 Å². The lowest BCUT2D eigenvalue weighted by atomic mass is 10.2. The first kappa shape index (κ1) is 16.9. The molecule has 128 valence electrons. The predicted molar refractivity (Wildman–Crippen MR) is 96.2 cm³/mol. The number of hydrogen-bond acceptors (Lipinski definition) is 6. The third-order valence-electron chi connectivity index (χ3n) is 4.33. The molecule has 1 fully saturated rings. The third-order valence-corrected chi connectivity index (χ3v) is 5.30. The summed E-state index contributed by atoms with van der Waals surface area (Å²) in [6, 6.07) is 5.96. The minimum absolute atomic E-state index is 0.0587. The summed E-state index contributed by atoms with van der Waals surface area (Å²) in [4.78, 5) is 26.7. The highest BCUT2D eigenvalue weighted by atomic mass is 32.1. The Morgan fingerprint density at radius 1 is 1.42 bits per heavy atom. The maximum Gasteiger partial charge on any atom is 0.242 e. The van der Waals surface area contributed by atoms with Crippen molar-refractivity contribution in [2.45, 2.75) is 24.9 Å². The number of aromatic nitrogens is 2. The molecular formula is C17H23N5OS. The molecule has 1 N–H and O–H groups in total. The molecule has 1 saturated heterocycles. The minimum Gasteiger partial charge on any atom is -0.352 e. The molecule has 2 aromatic heterocycles. The fourth-order valence-electron chi connectivity index (χ4n) is 3.05. The highest BCUT2D eigenvalue weighted by molar-refractivity contribution is 7.10. The van der Waals surface area contributed by atoms with Crippen molar-refractivity contribution in [1.82, 2.24) is 20.2 Å². The van der Waals surface area contributed by atoms with Gasteiger partial charge in [-0.1, -0.05) is 6.07 Å². The van der Waals surface area contributed by atoms with E-state index in [2.05, 4.69) is 31.6 Å². The van der Waals surface area contributed by atoms with Crippen LogP contribution in [-0.2, 0) is 4.79 Å². The molecule has 7 heteroatoms. The molecule has 3 rings (SSSR count). The van der Waals surface area contributed by atoms with E-state index in [4.69, 9.17) is 0 Å². The summed E-state index contributed by atoms with van der Waals surface area (Å²) in [6.07, 6.45) is 5.26. The zero-order valence-corrected chi connectivity index (χ0v) is 14.9. The van der Waals surface area contributed by atoms with Crippen LogP contribution in [0.5, 0.6) is 0 Å². The lowest BCUT2D eigenvalue weighted by molar-refractivity contribution is -0.122. The fourth-order valence-corrected chi connectivity index (χ4v) is 3.97. The van der Waals surface area contributed by atoms with Crippen LogP contribution in [0.25, 0.3) is 0 Å². The van der Waals surface area contributed by atoms with Gasteiger partial charge in [-0.2, -0.15) is 0 Å². The second kappa shape index (κ2) is 7.72. The number of carbonyl (C=O) groups is 1. The Kier molecular flexibility index (Phi) is 5.42. The van der Waals surface area contributed by atoms with Gasteiger partial charge in [-0.25, -0.2) is 9.97 Å². The van der Waals surface area contributed by atoms with Gasteiger partial charge in [0.25, 0.3) is 0 Å². The van der Waals surface area contributed by atoms with Crippen LogP contribution in [-0.4, -0.2) is 54.0 Å². The zero-order chi connectivity index (χ0) is 16.9. The van der Waals surface area contributed by atoms with E-state index in [1.165, 1.54) is 4.88 Å². The second-order valence-electron chi connectivity index (χ2n) is 6.14. The molecule has 1 aliphatic heterocycles. The molecule has 1 aliphatic rings. The molecule has 3 heterocycles. The number of rotatable bonds is 6. The smallest absolute Gasteiger partial charge is 0.242 e. The largest absolute Gasteiger partial charge is 0.352 e. The SMILES string of the molecule is CN(C)C(CNC(=O)C1CCCN1c1ncccn1)c1cccs1. The van der Waals surface area contributed by atoms with Crippen molar-refractivity contribution in [2.75, 3.05) is 32.1 Å². The van der Waals surface area contributed by atoms with Crippen molar-refractivity contribution in [1.29, 1.82) is 0 Å². The molecule has 0 radical (unpaired) electrons. The third kappa shape index (κ3) is 3.73. The summed E-state index contributed by atoms with van der Waals surface area (Å²) in [7, 11) is 4.08. The van der Waals surface area contributed by atoms with Crippen LogP contribution in [0.15, 0.2) is 36.0 Å². The van der Waals surface area contributed by atoms with E-state index in [0.717, 1.165) is 19.4 Å². The predicted octanol–water partition coefficient (Wildman–Crippen LogP) is 1.93. The summed E-state index contributed by atoms with van der Waals surface area (Å²) in [5, 5.41) is 5.19. The molecule has 1 amide bonds. The van der Waals surface area contributed by atoms with Crippen molar-refractivity contribution >= 4 is 23.2 Å². The Labute approximate surface area is 146 Å². The number of nitrogens with one attached hydrogen (secondary N) is 1. The van der Waals surface area contributed by atoms with Crippen LogP contribution in [0.2, 0.25) is 0 Å². The fraction of sp³-hybridized carbons (Fsp3) is 0.471. The Hall–Kier alpha value is -1.99. The molecular weight excluding hydrogens is 322 g/mol. The second-order valence-corrected chi connectivity index (χ2v) is 7.12. The normalized spacial score (nSPS) is 18.8. The lowest BCUT2D eigenvalue weighted by Crippen LogP contribution is -2.46. The van der Waals surface area contributed by atoms with E-state index in [-0.39, 0.29) is 18.0 Å². The van der Waals surface area contributed by atoms with Gasteiger partial charge in [0.1, 0.15) is 6.04 Å². The van der Waals surface area contributed by atoms with Gasteiger partial charge in [0.15, 0.2) is 0 Å². The highest BCUT2D eigenvalue weighted by Crippen LogP contribution is 2.24. The number of hydrogen-bond donors (Lipinski definition) is 1. The maximum atomic E-state index is 12.7. The lowest BCUT2D eigenvalue weighted by Gasteiger charge is -2.27. The number of likely N-dealkylation sites (N-methyl/N-ethyl adjacent to an activating group) is 1. The Bertz CT molecular complexity index is 646. The van der Waals surface area contributed by atoms with Crippen molar-refractivity contribution in [3.05, 3.63) is 40.8 Å². The Morgan fingerprint density at radius 3 is 2.88 bits per heavy atom. The van der Waals surface area contributed by atoms with E-state index < -0.39 is 0 Å². The molecule has 0 aliphatic carbocycles. The summed E-state index contributed by atoms with van der Waals surface area (Å²) < 4.78 is 0. The van der Waals surface area contributed by atoms with E-state index in [0.29, 0.717) is 12.5 Å². The molecule has 6 nitrogen and oxygen atoms in total. The number of anilines is 1. The highest BCUT2D eigenvalue weighted by Gasteiger charge is 2.32. The summed E-state index contributed by atoms with van der Waals surface area (Å²) >= 11 is 1.72. The molecule has 2 aromatic rings. The first-order valence-electron chi connectivity index (χ1n) is 8.18. The van der Waals surface area contributed by atoms with Crippen molar-refractivity contribution in [2.24, 2.45) is 0 Å². The molecule has 24 heavy (non-hydrogen) atoms. The minimum atomic E-state index is -0.182. The average molecular weight is 345 g/mol. The molecule has 2 unspecified atom stereocenters. The van der Waals surface area contributed by atoms with Gasteiger partial charge in [-0.3, -0.25) is 4.79 Å². The average Bonchev–Trinajstić information content (AvgIpc) is 3.27. The van der Waals surface area contributed by atoms with Crippen LogP contribution in [0.4, 0.5) is 5.95 Å². The van der Waals surface area contributed by atoms with Crippen LogP contribution in [0, 0.1) is 0 Å². The summed E-state index contributed by atoms with van der Waals surface area (Å²) in [5.41, 5.74) is 0. The molecule has 0 saturated carbocycles. The van der Waals surface area contributed by atoms with Gasteiger partial charge < -0.3 is 15.1 Å². The number of amides is 1. The molecule has 0 bridgehead atoms. The van der Waals surface area contributed by atoms with Gasteiger partial charge >= 0.3 is 0 Å². The van der Waals surface area contributed by atoms with Crippen LogP contribution < -0.4 is 10.2 Å². The van der Waals surface area contributed by atoms with Crippen molar-refractivity contribution in [3.8, 4) is 0 Å². The van der Waals surface area contributed by atoms with E-state index in [1.807, 2.05) is 25.1 Å². The van der Waals surface area contributed by atoms with Crippen molar-refractivity contribution in [3.63, 3.8) is 0 Å². The number of thiophene rings is 1. The molecule has 2 atom stereocenters. The number of carbonyl (C=O) groups excluding carboxylic acids is 1. The Morgan fingerprint density at radius 2 is 2.21 bits per heavy atom. The van der Waals surface area contributed by atoms with Crippen molar-refractivity contribution < 1.29 is 4.79 Å². The quantitative estimate of drug-likeness (QED) is 0.867. The topological polar surface area (TPSA) is 61.4 Å². The van der Waals surface area contributed by atoms with Gasteiger partial charge in [-0.15, -0.1) is 11.3 Å². The monoisotopic (exact) mass is 345 g/mol. The van der Waals surface area contributed by atoms with E-state index in [1.54, 1.807) is 29.8 Å². The Balaban J connectivity index is 1.64. The summed E-state index contributed by atoms with van der Waals surface area (Å²) in [5.74, 6) is 0.695. The van der Waals surface area contributed by atoms with Gasteiger partial charge in [-0.05, 0) is 44.4 Å². The zero-order valence-electron chi connectivity index (χ0n) is 14.1. The molecule has 0 aromatic carbocycles. The first-order valence-corrected chi connectivity index (χ1v) is 9.06. The van der Waals surface area contributed by atoms with Gasteiger partial charge in [0.05, 0.1) is 6.04 Å². The van der Waals surface area contributed by atoms with Gasteiger partial charge in [0.2, 0.25) is 11.9 Å². The number of nitrogens with zero attached hydrogens (tertiary/aromatic N) is 4. The van der Waals surface area contributed by atoms with E-state index in [9.17, 15) is 4.79 Å². The standard InChI is InChI=1S/C17H23N5OS/c1-21(2)14(15-7-4-11-24-15)12-20-16(23)13-6-3-10-22(13)17-18-8-5-9-19-17/h4-5,7-9,11,13-14H,3,6,10,12H2,1-2H3,(H,20,23).